The first-order chi connectivity index (χ1) is 8.96. The van der Waals surface area contributed by atoms with Gasteiger partial charge in [0, 0.05) is 13.7 Å². The third kappa shape index (κ3) is 7.25. The van der Waals surface area contributed by atoms with Gasteiger partial charge in [0.1, 0.15) is 5.60 Å². The number of hydrogen-bond acceptors (Lipinski definition) is 4. The Morgan fingerprint density at radius 1 is 1.00 bits per heavy atom. The van der Waals surface area contributed by atoms with Gasteiger partial charge in [-0.15, -0.1) is 0 Å². The molecule has 4 nitrogen and oxygen atoms in total. The van der Waals surface area contributed by atoms with Crippen molar-refractivity contribution in [1.29, 1.82) is 0 Å². The fourth-order valence-electron chi connectivity index (χ4n) is 1.35. The van der Waals surface area contributed by atoms with Crippen molar-refractivity contribution >= 4 is 5.97 Å². The molecule has 0 amide bonds. The van der Waals surface area contributed by atoms with Gasteiger partial charge < -0.3 is 14.2 Å². The first-order valence-electron chi connectivity index (χ1n) is 7.32. The largest absolute Gasteiger partial charge is 0.457 e. The molecule has 0 unspecified atom stereocenters. The smallest absolute Gasteiger partial charge is 0.312 e. The van der Waals surface area contributed by atoms with E-state index in [9.17, 15) is 4.79 Å². The molecule has 0 saturated carbocycles. The number of carbonyl (C=O) groups is 1. The van der Waals surface area contributed by atoms with Gasteiger partial charge in [-0.1, -0.05) is 6.92 Å². The van der Waals surface area contributed by atoms with E-state index >= 15 is 0 Å². The van der Waals surface area contributed by atoms with Gasteiger partial charge >= 0.3 is 5.97 Å². The minimum Gasteiger partial charge on any atom is -0.457 e. The Morgan fingerprint density at radius 2 is 1.55 bits per heavy atom. The van der Waals surface area contributed by atoms with Crippen LogP contribution in [0.1, 0.15) is 61.3 Å². The predicted molar refractivity (Wildman–Crippen MR) is 80.8 cm³/mol. The Labute approximate surface area is 124 Å². The van der Waals surface area contributed by atoms with Gasteiger partial charge in [0.25, 0.3) is 0 Å². The van der Waals surface area contributed by atoms with E-state index in [0.717, 1.165) is 12.8 Å². The van der Waals surface area contributed by atoms with E-state index in [1.807, 2.05) is 48.5 Å². The highest BCUT2D eigenvalue weighted by molar-refractivity contribution is 5.76. The van der Waals surface area contributed by atoms with Crippen LogP contribution in [0, 0.1) is 5.41 Å². The van der Waals surface area contributed by atoms with Crippen molar-refractivity contribution in [3.8, 4) is 0 Å². The normalized spacial score (nSPS) is 13.4. The van der Waals surface area contributed by atoms with Gasteiger partial charge in [0.15, 0.2) is 0 Å². The van der Waals surface area contributed by atoms with Crippen LogP contribution < -0.4 is 0 Å². The van der Waals surface area contributed by atoms with E-state index in [2.05, 4.69) is 0 Å². The Balaban J connectivity index is 4.42. The Hall–Kier alpha value is -0.610. The predicted octanol–water partition coefficient (Wildman–Crippen LogP) is 3.58. The molecule has 0 atom stereocenters. The molecule has 0 fully saturated rings. The highest BCUT2D eigenvalue weighted by Gasteiger charge is 2.34. The highest BCUT2D eigenvalue weighted by Crippen LogP contribution is 2.26. The van der Waals surface area contributed by atoms with E-state index in [-0.39, 0.29) is 11.6 Å². The zero-order chi connectivity index (χ0) is 16.0. The van der Waals surface area contributed by atoms with Crippen LogP contribution in [0.2, 0.25) is 0 Å². The Morgan fingerprint density at radius 3 is 2.00 bits per heavy atom. The van der Waals surface area contributed by atoms with E-state index in [4.69, 9.17) is 14.2 Å². The van der Waals surface area contributed by atoms with Crippen LogP contribution in [0.25, 0.3) is 0 Å². The number of methoxy groups -OCH3 is 1. The second kappa shape index (κ2) is 7.41. The van der Waals surface area contributed by atoms with E-state index < -0.39 is 11.0 Å². The van der Waals surface area contributed by atoms with Crippen molar-refractivity contribution in [2.24, 2.45) is 5.41 Å². The maximum absolute atomic E-state index is 12.1. The lowest BCUT2D eigenvalue weighted by molar-refractivity contribution is -0.179. The molecular weight excluding hydrogens is 256 g/mol. The van der Waals surface area contributed by atoms with Gasteiger partial charge in [0.05, 0.1) is 17.6 Å². The number of rotatable bonds is 9. The van der Waals surface area contributed by atoms with Crippen molar-refractivity contribution < 1.29 is 19.0 Å². The first-order valence-corrected chi connectivity index (χ1v) is 7.32. The maximum atomic E-state index is 12.1. The highest BCUT2D eigenvalue weighted by atomic mass is 16.6. The minimum absolute atomic E-state index is 0.178. The van der Waals surface area contributed by atoms with Crippen LogP contribution >= 0.6 is 0 Å². The summed E-state index contributed by atoms with van der Waals surface area (Å²) >= 11 is 0. The van der Waals surface area contributed by atoms with Gasteiger partial charge in [-0.2, -0.15) is 0 Å². The summed E-state index contributed by atoms with van der Waals surface area (Å²) < 4.78 is 16.6. The first kappa shape index (κ1) is 19.4. The molecule has 120 valence electrons. The molecule has 20 heavy (non-hydrogen) atoms. The zero-order valence-electron chi connectivity index (χ0n) is 14.5. The third-order valence-corrected chi connectivity index (χ3v) is 3.52. The Bertz CT molecular complexity index is 306. The minimum atomic E-state index is -0.631. The molecule has 0 heterocycles. The molecular formula is C16H32O4. The number of esters is 1. The number of carbonyl (C=O) groups excluding carboxylic acids is 1. The summed E-state index contributed by atoms with van der Waals surface area (Å²) in [5.41, 5.74) is -1.38. The molecule has 0 aliphatic rings. The summed E-state index contributed by atoms with van der Waals surface area (Å²) in [7, 11) is 1.68. The maximum Gasteiger partial charge on any atom is 0.312 e. The SMILES string of the molecule is CCC(C)(C)C(=O)OC(C)(C)COC(C)(C)CCOC. The van der Waals surface area contributed by atoms with Crippen LogP contribution in [0.5, 0.6) is 0 Å². The molecule has 0 bridgehead atoms. The molecule has 0 spiro atoms. The van der Waals surface area contributed by atoms with Gasteiger partial charge in [0.2, 0.25) is 0 Å². The molecule has 0 rings (SSSR count). The summed E-state index contributed by atoms with van der Waals surface area (Å²) in [6, 6.07) is 0. The van der Waals surface area contributed by atoms with Gasteiger partial charge in [-0.05, 0) is 54.4 Å². The van der Waals surface area contributed by atoms with Crippen molar-refractivity contribution in [2.45, 2.75) is 72.5 Å². The lowest BCUT2D eigenvalue weighted by Crippen LogP contribution is -2.41. The van der Waals surface area contributed by atoms with Crippen molar-refractivity contribution in [3.63, 3.8) is 0 Å². The average Bonchev–Trinajstić information content (AvgIpc) is 2.34. The lowest BCUT2D eigenvalue weighted by atomic mass is 9.90. The quantitative estimate of drug-likeness (QED) is 0.608. The summed E-state index contributed by atoms with van der Waals surface area (Å²) in [5, 5.41) is 0. The molecule has 0 aromatic carbocycles. The summed E-state index contributed by atoms with van der Waals surface area (Å²) in [6.07, 6.45) is 1.55. The molecule has 0 aromatic heterocycles. The topological polar surface area (TPSA) is 44.8 Å². The van der Waals surface area contributed by atoms with Crippen LogP contribution in [0.3, 0.4) is 0 Å². The summed E-state index contributed by atoms with van der Waals surface area (Å²) in [6.45, 7) is 14.6. The monoisotopic (exact) mass is 288 g/mol. The molecule has 0 aliphatic carbocycles. The van der Waals surface area contributed by atoms with Crippen LogP contribution in [0.15, 0.2) is 0 Å². The molecule has 0 saturated heterocycles. The van der Waals surface area contributed by atoms with Crippen molar-refractivity contribution in [1.82, 2.24) is 0 Å². The summed E-state index contributed by atoms with van der Waals surface area (Å²) in [4.78, 5) is 12.1. The molecule has 0 radical (unpaired) electrons. The van der Waals surface area contributed by atoms with E-state index in [1.165, 1.54) is 0 Å². The Kier molecular flexibility index (Phi) is 7.19. The summed E-state index contributed by atoms with van der Waals surface area (Å²) in [5.74, 6) is -0.178. The second-order valence-corrected chi connectivity index (χ2v) is 7.18. The molecule has 0 aliphatic heterocycles. The van der Waals surface area contributed by atoms with Crippen LogP contribution in [0.4, 0.5) is 0 Å². The average molecular weight is 288 g/mol. The van der Waals surface area contributed by atoms with Crippen LogP contribution in [-0.2, 0) is 19.0 Å². The lowest BCUT2D eigenvalue weighted by Gasteiger charge is -2.34. The zero-order valence-corrected chi connectivity index (χ0v) is 14.5. The fraction of sp³-hybridized carbons (Fsp3) is 0.938. The number of hydrogen-bond donors (Lipinski definition) is 0. The molecule has 4 heteroatoms. The van der Waals surface area contributed by atoms with E-state index in [0.29, 0.717) is 13.2 Å². The van der Waals surface area contributed by atoms with Crippen molar-refractivity contribution in [3.05, 3.63) is 0 Å². The van der Waals surface area contributed by atoms with Crippen molar-refractivity contribution in [2.75, 3.05) is 20.3 Å². The van der Waals surface area contributed by atoms with E-state index in [1.54, 1.807) is 7.11 Å². The fourth-order valence-corrected chi connectivity index (χ4v) is 1.35. The standard InChI is InChI=1S/C16H32O4/c1-9-14(2,3)13(17)20-16(6,7)12-19-15(4,5)10-11-18-8/h9-12H2,1-8H3. The number of ether oxygens (including phenoxy) is 3. The third-order valence-electron chi connectivity index (χ3n) is 3.52. The van der Waals surface area contributed by atoms with Gasteiger partial charge in [-0.25, -0.2) is 0 Å². The van der Waals surface area contributed by atoms with Gasteiger partial charge in [-0.3, -0.25) is 4.79 Å². The van der Waals surface area contributed by atoms with Crippen LogP contribution in [-0.4, -0.2) is 37.5 Å². The molecule has 0 aromatic rings. The second-order valence-electron chi connectivity index (χ2n) is 7.18. The molecule has 0 N–H and O–H groups in total.